The van der Waals surface area contributed by atoms with Crippen LogP contribution < -0.4 is 19.5 Å². The number of aliphatic hydroxyl groups excluding tert-OH is 1. The van der Waals surface area contributed by atoms with Crippen molar-refractivity contribution in [3.8, 4) is 17.2 Å². The lowest BCUT2D eigenvalue weighted by molar-refractivity contribution is -0.144. The summed E-state index contributed by atoms with van der Waals surface area (Å²) in [5, 5.41) is 12.3. The molecule has 0 spiro atoms. The lowest BCUT2D eigenvalue weighted by Gasteiger charge is -2.18. The lowest BCUT2D eigenvalue weighted by Crippen LogP contribution is -2.19. The van der Waals surface area contributed by atoms with Gasteiger partial charge in [-0.25, -0.2) is 9.97 Å². The zero-order valence-corrected chi connectivity index (χ0v) is 14.1. The fourth-order valence-corrected chi connectivity index (χ4v) is 2.24. The number of benzene rings is 1. The first-order valence-corrected chi connectivity index (χ1v) is 7.22. The third-order valence-electron chi connectivity index (χ3n) is 3.31. The van der Waals surface area contributed by atoms with Crippen molar-refractivity contribution in [2.45, 2.75) is 19.2 Å². The Morgan fingerprint density at radius 2 is 1.76 bits per heavy atom. The second kappa shape index (κ2) is 7.18. The Bertz CT molecular complexity index is 766. The van der Waals surface area contributed by atoms with Crippen molar-refractivity contribution < 1.29 is 32.5 Å². The summed E-state index contributed by atoms with van der Waals surface area (Å²) in [7, 11) is 4.01. The number of hydrogen-bond acceptors (Lipinski definition) is 7. The summed E-state index contributed by atoms with van der Waals surface area (Å²) in [4.78, 5) is 7.13. The van der Waals surface area contributed by atoms with Gasteiger partial charge in [0.1, 0.15) is 11.3 Å². The first-order chi connectivity index (χ1) is 11.7. The van der Waals surface area contributed by atoms with Crippen LogP contribution in [0, 0.1) is 0 Å². The van der Waals surface area contributed by atoms with Crippen molar-refractivity contribution in [3.05, 3.63) is 11.9 Å². The molecule has 0 radical (unpaired) electrons. The quantitative estimate of drug-likeness (QED) is 0.817. The number of alkyl halides is 3. The van der Waals surface area contributed by atoms with Crippen molar-refractivity contribution in [2.24, 2.45) is 0 Å². The molecule has 1 heterocycles. The van der Waals surface area contributed by atoms with E-state index in [4.69, 9.17) is 14.2 Å². The van der Waals surface area contributed by atoms with Gasteiger partial charge in [-0.15, -0.1) is 0 Å². The van der Waals surface area contributed by atoms with Crippen LogP contribution in [0.4, 0.5) is 19.0 Å². The fourth-order valence-electron chi connectivity index (χ4n) is 2.24. The van der Waals surface area contributed by atoms with E-state index in [1.54, 1.807) is 0 Å². The monoisotopic (exact) mass is 361 g/mol. The number of halogens is 3. The molecule has 1 aromatic carbocycles. The molecular weight excluding hydrogens is 343 g/mol. The maximum Gasteiger partial charge on any atom is 0.451 e. The van der Waals surface area contributed by atoms with E-state index in [1.165, 1.54) is 34.3 Å². The van der Waals surface area contributed by atoms with E-state index in [9.17, 15) is 18.3 Å². The van der Waals surface area contributed by atoms with Gasteiger partial charge < -0.3 is 24.6 Å². The highest BCUT2D eigenvalue weighted by Crippen LogP contribution is 2.45. The van der Waals surface area contributed by atoms with E-state index in [2.05, 4.69) is 15.3 Å². The van der Waals surface area contributed by atoms with Crippen LogP contribution in [-0.4, -0.2) is 49.1 Å². The Hall–Kier alpha value is -2.49. The van der Waals surface area contributed by atoms with Gasteiger partial charge in [-0.1, -0.05) is 0 Å². The van der Waals surface area contributed by atoms with E-state index in [1.807, 2.05) is 0 Å². The maximum absolute atomic E-state index is 13.2. The fraction of sp³-hybridized carbons (Fsp3) is 0.467. The summed E-state index contributed by atoms with van der Waals surface area (Å²) in [5.74, 6) is -1.08. The number of ether oxygens (including phenoxy) is 3. The molecule has 0 saturated heterocycles. The van der Waals surface area contributed by atoms with Crippen LogP contribution in [0.5, 0.6) is 17.2 Å². The number of nitrogens with one attached hydrogen (secondary N) is 1. The minimum absolute atomic E-state index is 0.0000701. The summed E-state index contributed by atoms with van der Waals surface area (Å²) in [5.41, 5.74) is -0.0874. The predicted molar refractivity (Wildman–Crippen MR) is 84.4 cm³/mol. The summed E-state index contributed by atoms with van der Waals surface area (Å²) < 4.78 is 55.1. The minimum Gasteiger partial charge on any atom is -0.493 e. The number of anilines is 1. The summed E-state index contributed by atoms with van der Waals surface area (Å²) in [6.07, 6.45) is -5.55. The molecular formula is C15H18F3N3O4. The molecule has 25 heavy (non-hydrogen) atoms. The van der Waals surface area contributed by atoms with Gasteiger partial charge in [-0.05, 0) is 13.0 Å². The van der Waals surface area contributed by atoms with Crippen LogP contribution in [0.2, 0.25) is 0 Å². The Morgan fingerprint density at radius 1 is 1.12 bits per heavy atom. The zero-order chi connectivity index (χ0) is 18.8. The molecule has 0 aliphatic heterocycles. The van der Waals surface area contributed by atoms with Crippen LogP contribution >= 0.6 is 0 Å². The smallest absolute Gasteiger partial charge is 0.451 e. The number of aromatic nitrogens is 2. The molecule has 0 amide bonds. The van der Waals surface area contributed by atoms with Crippen LogP contribution in [0.15, 0.2) is 6.07 Å². The Labute approximate surface area is 141 Å². The molecule has 1 atom stereocenters. The van der Waals surface area contributed by atoms with Crippen LogP contribution in [0.1, 0.15) is 12.7 Å². The number of methoxy groups -OCH3 is 3. The highest BCUT2D eigenvalue weighted by molar-refractivity contribution is 5.97. The molecule has 7 nitrogen and oxygen atoms in total. The van der Waals surface area contributed by atoms with Crippen LogP contribution in [-0.2, 0) is 6.18 Å². The standard InChI is InChI=1S/C15H18F3N3O4/c1-7(22)6-19-13-8-5-9(23-2)11(24-3)12(25-4)10(8)20-14(21-13)15(16,17)18/h5,7,22H,6H2,1-4H3,(H,19,20,21). The van der Waals surface area contributed by atoms with Gasteiger partial charge in [0.15, 0.2) is 11.5 Å². The van der Waals surface area contributed by atoms with Crippen molar-refractivity contribution in [3.63, 3.8) is 0 Å². The molecule has 138 valence electrons. The number of rotatable bonds is 6. The predicted octanol–water partition coefficient (Wildman–Crippen LogP) is 2.47. The van der Waals surface area contributed by atoms with Crippen molar-refractivity contribution in [1.82, 2.24) is 9.97 Å². The van der Waals surface area contributed by atoms with E-state index >= 15 is 0 Å². The van der Waals surface area contributed by atoms with Crippen molar-refractivity contribution >= 4 is 16.7 Å². The summed E-state index contributed by atoms with van der Waals surface area (Å²) >= 11 is 0. The van der Waals surface area contributed by atoms with Crippen LogP contribution in [0.3, 0.4) is 0 Å². The normalized spacial score (nSPS) is 12.8. The van der Waals surface area contributed by atoms with E-state index in [0.717, 1.165) is 0 Å². The Kier molecular flexibility index (Phi) is 5.41. The largest absolute Gasteiger partial charge is 0.493 e. The highest BCUT2D eigenvalue weighted by Gasteiger charge is 2.36. The van der Waals surface area contributed by atoms with Crippen LogP contribution in [0.25, 0.3) is 10.9 Å². The Morgan fingerprint density at radius 3 is 2.24 bits per heavy atom. The Balaban J connectivity index is 2.83. The third kappa shape index (κ3) is 3.78. The topological polar surface area (TPSA) is 85.7 Å². The highest BCUT2D eigenvalue weighted by atomic mass is 19.4. The van der Waals surface area contributed by atoms with Gasteiger partial charge in [0.25, 0.3) is 0 Å². The van der Waals surface area contributed by atoms with Gasteiger partial charge in [-0.2, -0.15) is 13.2 Å². The summed E-state index contributed by atoms with van der Waals surface area (Å²) in [6, 6.07) is 1.45. The second-order valence-electron chi connectivity index (χ2n) is 5.16. The molecule has 10 heteroatoms. The van der Waals surface area contributed by atoms with E-state index < -0.39 is 18.1 Å². The molecule has 0 aliphatic carbocycles. The third-order valence-corrected chi connectivity index (χ3v) is 3.31. The molecule has 1 unspecified atom stereocenters. The molecule has 2 aromatic rings. The molecule has 1 aromatic heterocycles. The second-order valence-corrected chi connectivity index (χ2v) is 5.16. The molecule has 2 rings (SSSR count). The number of aliphatic hydroxyl groups is 1. The first-order valence-electron chi connectivity index (χ1n) is 7.22. The van der Waals surface area contributed by atoms with E-state index in [0.29, 0.717) is 0 Å². The van der Waals surface area contributed by atoms with Gasteiger partial charge in [0, 0.05) is 6.54 Å². The average Bonchev–Trinajstić information content (AvgIpc) is 2.56. The molecule has 0 fully saturated rings. The van der Waals surface area contributed by atoms with Gasteiger partial charge in [-0.3, -0.25) is 0 Å². The minimum atomic E-state index is -4.76. The van der Waals surface area contributed by atoms with Gasteiger partial charge in [0.05, 0.1) is 32.8 Å². The van der Waals surface area contributed by atoms with Gasteiger partial charge >= 0.3 is 6.18 Å². The molecule has 0 bridgehead atoms. The van der Waals surface area contributed by atoms with E-state index in [-0.39, 0.29) is 40.5 Å². The molecule has 2 N–H and O–H groups in total. The van der Waals surface area contributed by atoms with Gasteiger partial charge in [0.2, 0.25) is 11.6 Å². The summed E-state index contributed by atoms with van der Waals surface area (Å²) in [6.45, 7) is 1.49. The SMILES string of the molecule is COc1cc2c(NCC(C)O)nc(C(F)(F)F)nc2c(OC)c1OC. The number of hydrogen-bond donors (Lipinski definition) is 2. The van der Waals surface area contributed by atoms with Crippen molar-refractivity contribution in [2.75, 3.05) is 33.2 Å². The lowest BCUT2D eigenvalue weighted by atomic mass is 10.1. The number of fused-ring (bicyclic) bond motifs is 1. The maximum atomic E-state index is 13.2. The zero-order valence-electron chi connectivity index (χ0n) is 14.1. The molecule has 0 saturated carbocycles. The number of nitrogens with zero attached hydrogens (tertiary/aromatic N) is 2. The average molecular weight is 361 g/mol. The molecule has 0 aliphatic rings. The first kappa shape index (κ1) is 18.8. The van der Waals surface area contributed by atoms with Crippen molar-refractivity contribution in [1.29, 1.82) is 0 Å².